The van der Waals surface area contributed by atoms with Gasteiger partial charge in [0.25, 0.3) is 5.91 Å². The van der Waals surface area contributed by atoms with Gasteiger partial charge in [0.2, 0.25) is 0 Å². The smallest absolute Gasteiger partial charge is 0.332 e. The van der Waals surface area contributed by atoms with E-state index in [-0.39, 0.29) is 13.0 Å². The number of nitrogens with one attached hydrogen (secondary N) is 1. The van der Waals surface area contributed by atoms with E-state index < -0.39 is 17.4 Å². The molecule has 0 aliphatic heterocycles. The molecule has 0 spiro atoms. The number of esters is 1. The number of aromatic nitrogens is 1. The van der Waals surface area contributed by atoms with E-state index in [1.807, 2.05) is 18.2 Å². The van der Waals surface area contributed by atoms with Gasteiger partial charge in [0.05, 0.1) is 20.3 Å². The monoisotopic (exact) mass is 474 g/mol. The molecule has 2 aromatic carbocycles. The summed E-state index contributed by atoms with van der Waals surface area (Å²) in [4.78, 5) is 30.7. The highest BCUT2D eigenvalue weighted by atomic mass is 16.5. The maximum atomic E-state index is 13.3. The van der Waals surface area contributed by atoms with Gasteiger partial charge in [-0.05, 0) is 49.2 Å². The lowest BCUT2D eigenvalue weighted by Gasteiger charge is -2.27. The first-order valence-electron chi connectivity index (χ1n) is 11.7. The molecule has 1 aliphatic rings. The summed E-state index contributed by atoms with van der Waals surface area (Å²) in [6.07, 6.45) is 3.02. The van der Waals surface area contributed by atoms with Crippen molar-refractivity contribution < 1.29 is 23.8 Å². The van der Waals surface area contributed by atoms with Crippen LogP contribution in [-0.2, 0) is 28.8 Å². The summed E-state index contributed by atoms with van der Waals surface area (Å²) in [5.41, 5.74) is 3.24. The number of pyridine rings is 1. The molecule has 1 heterocycles. The lowest BCUT2D eigenvalue weighted by molar-refractivity contribution is -0.150. The number of rotatable bonds is 9. The van der Waals surface area contributed by atoms with Crippen molar-refractivity contribution in [3.63, 3.8) is 0 Å². The quantitative estimate of drug-likeness (QED) is 0.474. The number of carbonyl (C=O) groups is 2. The van der Waals surface area contributed by atoms with Crippen molar-refractivity contribution in [3.05, 3.63) is 88.7 Å². The minimum atomic E-state index is -1.20. The van der Waals surface area contributed by atoms with Crippen LogP contribution in [0.25, 0.3) is 0 Å². The van der Waals surface area contributed by atoms with Gasteiger partial charge in [-0.3, -0.25) is 9.78 Å². The predicted molar refractivity (Wildman–Crippen MR) is 132 cm³/mol. The molecule has 1 atom stereocenters. The Morgan fingerprint density at radius 1 is 1.06 bits per heavy atom. The lowest BCUT2D eigenvalue weighted by Crippen LogP contribution is -2.56. The van der Waals surface area contributed by atoms with Crippen LogP contribution in [0.4, 0.5) is 0 Å². The van der Waals surface area contributed by atoms with E-state index in [2.05, 4.69) is 35.4 Å². The largest absolute Gasteiger partial charge is 0.493 e. The topological polar surface area (TPSA) is 86.8 Å². The molecule has 4 rings (SSSR count). The maximum Gasteiger partial charge on any atom is 0.332 e. The van der Waals surface area contributed by atoms with E-state index in [0.29, 0.717) is 30.1 Å². The summed E-state index contributed by atoms with van der Waals surface area (Å²) in [5, 5.41) is 2.94. The fourth-order valence-electron chi connectivity index (χ4n) is 4.38. The Morgan fingerprint density at radius 3 is 2.66 bits per heavy atom. The number of aryl methyl sites for hydroxylation is 1. The number of ether oxygens (including phenoxy) is 3. The van der Waals surface area contributed by atoms with E-state index in [9.17, 15) is 9.59 Å². The second kappa shape index (κ2) is 10.6. The van der Waals surface area contributed by atoms with Gasteiger partial charge < -0.3 is 19.5 Å². The van der Waals surface area contributed by atoms with Crippen LogP contribution in [0.3, 0.4) is 0 Å². The van der Waals surface area contributed by atoms with E-state index in [1.54, 1.807) is 38.4 Å². The van der Waals surface area contributed by atoms with Crippen molar-refractivity contribution in [3.8, 4) is 11.5 Å². The van der Waals surface area contributed by atoms with Crippen molar-refractivity contribution in [2.75, 3.05) is 20.3 Å². The van der Waals surface area contributed by atoms with Gasteiger partial charge in [0, 0.05) is 36.7 Å². The highest BCUT2D eigenvalue weighted by molar-refractivity contribution is 5.99. The molecule has 7 heteroatoms. The predicted octanol–water partition coefficient (Wildman–Crippen LogP) is 3.85. The molecule has 1 amide bonds. The second-order valence-electron chi connectivity index (χ2n) is 8.67. The average Bonchev–Trinajstić information content (AvgIpc) is 3.23. The molecule has 0 radical (unpaired) electrons. The number of nitrogens with zero attached hydrogens (tertiary/aromatic N) is 1. The van der Waals surface area contributed by atoms with Crippen molar-refractivity contribution in [1.82, 2.24) is 10.3 Å². The van der Waals surface area contributed by atoms with Crippen LogP contribution in [-0.4, -0.2) is 42.7 Å². The SMILES string of the molecule is CCOC(=O)C1(NC(=O)c2ccc(OC)c(OCCc3cccc(C)c3)c2)Cc2cccnc2C1. The molecular formula is C28H30N2O5. The van der Waals surface area contributed by atoms with E-state index in [0.717, 1.165) is 17.7 Å². The van der Waals surface area contributed by atoms with Gasteiger partial charge in [-0.15, -0.1) is 0 Å². The molecule has 1 aromatic heterocycles. The van der Waals surface area contributed by atoms with Gasteiger partial charge in [0.15, 0.2) is 11.5 Å². The van der Waals surface area contributed by atoms with Crippen LogP contribution in [0.5, 0.6) is 11.5 Å². The first kappa shape index (κ1) is 24.3. The lowest BCUT2D eigenvalue weighted by atomic mass is 9.95. The standard InChI is InChI=1S/C28H30N2O5/c1-4-34-27(32)28(17-22-9-6-13-29-23(22)18-28)30-26(31)21-10-11-24(33-3)25(16-21)35-14-12-20-8-5-7-19(2)15-20/h5-11,13,15-16H,4,12,14,17-18H2,1-3H3,(H,30,31). The summed E-state index contributed by atoms with van der Waals surface area (Å²) in [6, 6.07) is 17.0. The Morgan fingerprint density at radius 2 is 1.91 bits per heavy atom. The van der Waals surface area contributed by atoms with Crippen LogP contribution < -0.4 is 14.8 Å². The third kappa shape index (κ3) is 5.45. The second-order valence-corrected chi connectivity index (χ2v) is 8.67. The normalized spacial score (nSPS) is 16.3. The summed E-state index contributed by atoms with van der Waals surface area (Å²) in [6.45, 7) is 4.45. The van der Waals surface area contributed by atoms with Crippen LogP contribution >= 0.6 is 0 Å². The average molecular weight is 475 g/mol. The molecule has 1 N–H and O–H groups in total. The van der Waals surface area contributed by atoms with Gasteiger partial charge in [0.1, 0.15) is 5.54 Å². The van der Waals surface area contributed by atoms with Crippen molar-refractivity contribution in [1.29, 1.82) is 0 Å². The zero-order valence-corrected chi connectivity index (χ0v) is 20.3. The molecular weight excluding hydrogens is 444 g/mol. The van der Waals surface area contributed by atoms with Crippen molar-refractivity contribution >= 4 is 11.9 Å². The molecule has 7 nitrogen and oxygen atoms in total. The molecule has 1 unspecified atom stereocenters. The van der Waals surface area contributed by atoms with Gasteiger partial charge >= 0.3 is 5.97 Å². The summed E-state index contributed by atoms with van der Waals surface area (Å²) < 4.78 is 16.8. The minimum absolute atomic E-state index is 0.224. The van der Waals surface area contributed by atoms with E-state index >= 15 is 0 Å². The highest BCUT2D eigenvalue weighted by Gasteiger charge is 2.47. The molecule has 0 fully saturated rings. The highest BCUT2D eigenvalue weighted by Crippen LogP contribution is 2.32. The van der Waals surface area contributed by atoms with E-state index in [4.69, 9.17) is 14.2 Å². The fraction of sp³-hybridized carbons (Fsp3) is 0.321. The number of amides is 1. The van der Waals surface area contributed by atoms with Crippen LogP contribution in [0.2, 0.25) is 0 Å². The number of hydrogen-bond donors (Lipinski definition) is 1. The van der Waals surface area contributed by atoms with Gasteiger partial charge in [-0.2, -0.15) is 0 Å². The number of hydrogen-bond acceptors (Lipinski definition) is 6. The minimum Gasteiger partial charge on any atom is -0.493 e. The molecule has 0 saturated carbocycles. The Bertz CT molecular complexity index is 1200. The summed E-state index contributed by atoms with van der Waals surface area (Å²) in [5.74, 6) is 0.143. The van der Waals surface area contributed by atoms with Crippen LogP contribution in [0.1, 0.15) is 39.7 Å². The number of fused-ring (bicyclic) bond motifs is 1. The molecule has 182 valence electrons. The Hall–Kier alpha value is -3.87. The first-order valence-corrected chi connectivity index (χ1v) is 11.7. The number of carbonyl (C=O) groups excluding carboxylic acids is 2. The van der Waals surface area contributed by atoms with Gasteiger partial charge in [-0.1, -0.05) is 35.9 Å². The molecule has 0 bridgehead atoms. The Kier molecular flexibility index (Phi) is 7.34. The maximum absolute atomic E-state index is 13.3. The molecule has 35 heavy (non-hydrogen) atoms. The number of methoxy groups -OCH3 is 1. The van der Waals surface area contributed by atoms with Crippen LogP contribution in [0.15, 0.2) is 60.8 Å². The Balaban J connectivity index is 1.51. The van der Waals surface area contributed by atoms with Crippen LogP contribution in [0, 0.1) is 6.92 Å². The summed E-state index contributed by atoms with van der Waals surface area (Å²) >= 11 is 0. The first-order chi connectivity index (χ1) is 16.9. The third-order valence-electron chi connectivity index (χ3n) is 6.12. The third-order valence-corrected chi connectivity index (χ3v) is 6.12. The fourth-order valence-corrected chi connectivity index (χ4v) is 4.38. The van der Waals surface area contributed by atoms with Crippen molar-refractivity contribution in [2.24, 2.45) is 0 Å². The Labute approximate surface area is 205 Å². The molecule has 1 aliphatic carbocycles. The molecule has 3 aromatic rings. The summed E-state index contributed by atoms with van der Waals surface area (Å²) in [7, 11) is 1.56. The van der Waals surface area contributed by atoms with Crippen molar-refractivity contribution in [2.45, 2.75) is 38.6 Å². The number of benzene rings is 2. The van der Waals surface area contributed by atoms with Gasteiger partial charge in [-0.25, -0.2) is 4.79 Å². The van der Waals surface area contributed by atoms with E-state index in [1.165, 1.54) is 11.1 Å². The zero-order valence-electron chi connectivity index (χ0n) is 20.3. The zero-order chi connectivity index (χ0) is 24.8. The molecule has 0 saturated heterocycles.